The Morgan fingerprint density at radius 1 is 1.10 bits per heavy atom. The molecule has 0 radical (unpaired) electrons. The molecule has 0 unspecified atom stereocenters. The van der Waals surface area contributed by atoms with Crippen molar-refractivity contribution in [1.82, 2.24) is 10.6 Å². The molecule has 7 heteroatoms. The van der Waals surface area contributed by atoms with Crippen LogP contribution < -0.4 is 25.6 Å². The van der Waals surface area contributed by atoms with E-state index in [1.54, 1.807) is 31.2 Å². The molecule has 2 aromatic rings. The molecule has 0 aromatic heterocycles. The van der Waals surface area contributed by atoms with E-state index in [4.69, 9.17) is 4.74 Å². The van der Waals surface area contributed by atoms with Crippen molar-refractivity contribution in [3.63, 3.8) is 0 Å². The average Bonchev–Trinajstić information content (AvgIpc) is 2.69. The predicted molar refractivity (Wildman–Crippen MR) is 114 cm³/mol. The van der Waals surface area contributed by atoms with Crippen LogP contribution in [0.4, 0.5) is 16.2 Å². The van der Waals surface area contributed by atoms with Gasteiger partial charge in [0, 0.05) is 31.2 Å². The SMILES string of the molecule is CCOc1ccc(NC(=O)C2=C(C)NC(=O)N[C@H]2c2ccc(N(C)C)cc2)cc1. The molecule has 0 aliphatic carbocycles. The second-order valence-corrected chi connectivity index (χ2v) is 6.97. The molecule has 2 aromatic carbocycles. The summed E-state index contributed by atoms with van der Waals surface area (Å²) in [4.78, 5) is 27.1. The molecule has 3 rings (SSSR count). The van der Waals surface area contributed by atoms with Crippen LogP contribution in [0.5, 0.6) is 5.75 Å². The lowest BCUT2D eigenvalue weighted by Gasteiger charge is -2.29. The van der Waals surface area contributed by atoms with Gasteiger partial charge in [0.1, 0.15) is 5.75 Å². The third-order valence-electron chi connectivity index (χ3n) is 4.68. The Morgan fingerprint density at radius 2 is 1.76 bits per heavy atom. The van der Waals surface area contributed by atoms with E-state index in [-0.39, 0.29) is 11.9 Å². The molecule has 0 fully saturated rings. The summed E-state index contributed by atoms with van der Waals surface area (Å²) in [5, 5.41) is 8.45. The minimum Gasteiger partial charge on any atom is -0.494 e. The van der Waals surface area contributed by atoms with Gasteiger partial charge in [0.15, 0.2) is 0 Å². The summed E-state index contributed by atoms with van der Waals surface area (Å²) in [7, 11) is 3.92. The number of allylic oxidation sites excluding steroid dienone is 1. The van der Waals surface area contributed by atoms with Gasteiger partial charge in [-0.15, -0.1) is 0 Å². The van der Waals surface area contributed by atoms with Crippen LogP contribution in [0.2, 0.25) is 0 Å². The van der Waals surface area contributed by atoms with Crippen LogP contribution >= 0.6 is 0 Å². The summed E-state index contributed by atoms with van der Waals surface area (Å²) in [6.45, 7) is 4.23. The molecule has 3 N–H and O–H groups in total. The van der Waals surface area contributed by atoms with E-state index in [1.165, 1.54) is 0 Å². The fraction of sp³-hybridized carbons (Fsp3) is 0.273. The van der Waals surface area contributed by atoms with E-state index in [2.05, 4.69) is 16.0 Å². The maximum Gasteiger partial charge on any atom is 0.319 e. The van der Waals surface area contributed by atoms with Crippen molar-refractivity contribution in [2.75, 3.05) is 30.9 Å². The second-order valence-electron chi connectivity index (χ2n) is 6.97. The molecule has 1 heterocycles. The standard InChI is InChI=1S/C22H26N4O3/c1-5-29-18-12-8-16(9-13-18)24-21(27)19-14(2)23-22(28)25-20(19)15-6-10-17(11-7-15)26(3)4/h6-13,20H,5H2,1-4H3,(H,24,27)(H2,23,25,28)/t20-/m0/s1. The van der Waals surface area contributed by atoms with E-state index in [0.717, 1.165) is 17.0 Å². The maximum atomic E-state index is 13.1. The van der Waals surface area contributed by atoms with Gasteiger partial charge in [0.05, 0.1) is 18.2 Å². The Labute approximate surface area is 170 Å². The van der Waals surface area contributed by atoms with Crippen LogP contribution in [0.1, 0.15) is 25.5 Å². The number of benzene rings is 2. The van der Waals surface area contributed by atoms with Crippen molar-refractivity contribution >= 4 is 23.3 Å². The van der Waals surface area contributed by atoms with E-state index < -0.39 is 6.04 Å². The molecule has 0 spiro atoms. The number of nitrogens with zero attached hydrogens (tertiary/aromatic N) is 1. The average molecular weight is 394 g/mol. The van der Waals surface area contributed by atoms with Gasteiger partial charge >= 0.3 is 6.03 Å². The first-order valence-electron chi connectivity index (χ1n) is 9.48. The molecule has 0 saturated heterocycles. The van der Waals surface area contributed by atoms with Crippen LogP contribution in [-0.4, -0.2) is 32.6 Å². The smallest absolute Gasteiger partial charge is 0.319 e. The first kappa shape index (κ1) is 20.3. The Hall–Kier alpha value is -3.48. The number of urea groups is 1. The van der Waals surface area contributed by atoms with E-state index in [0.29, 0.717) is 23.6 Å². The third kappa shape index (κ3) is 4.68. The van der Waals surface area contributed by atoms with Crippen LogP contribution in [0.15, 0.2) is 59.8 Å². The minimum absolute atomic E-state index is 0.277. The number of carbonyl (C=O) groups excluding carboxylic acids is 2. The van der Waals surface area contributed by atoms with Crippen molar-refractivity contribution in [3.8, 4) is 5.75 Å². The maximum absolute atomic E-state index is 13.1. The number of anilines is 2. The lowest BCUT2D eigenvalue weighted by Crippen LogP contribution is -2.45. The van der Waals surface area contributed by atoms with Crippen molar-refractivity contribution < 1.29 is 14.3 Å². The normalized spacial score (nSPS) is 16.0. The number of amides is 3. The van der Waals surface area contributed by atoms with Gasteiger partial charge in [-0.3, -0.25) is 4.79 Å². The zero-order valence-electron chi connectivity index (χ0n) is 17.1. The summed E-state index contributed by atoms with van der Waals surface area (Å²) >= 11 is 0. The van der Waals surface area contributed by atoms with Crippen LogP contribution in [0, 0.1) is 0 Å². The summed E-state index contributed by atoms with van der Waals surface area (Å²) in [5.74, 6) is 0.465. The Bertz CT molecular complexity index is 918. The highest BCUT2D eigenvalue weighted by Crippen LogP contribution is 2.29. The first-order valence-corrected chi connectivity index (χ1v) is 9.48. The lowest BCUT2D eigenvalue weighted by atomic mass is 9.94. The number of ether oxygens (including phenoxy) is 1. The molecule has 3 amide bonds. The molecule has 0 bridgehead atoms. The largest absolute Gasteiger partial charge is 0.494 e. The number of nitrogens with one attached hydrogen (secondary N) is 3. The third-order valence-corrected chi connectivity index (χ3v) is 4.68. The second kappa shape index (κ2) is 8.68. The summed E-state index contributed by atoms with van der Waals surface area (Å²) in [6, 6.07) is 14.1. The zero-order valence-corrected chi connectivity index (χ0v) is 17.1. The fourth-order valence-electron chi connectivity index (χ4n) is 3.21. The quantitative estimate of drug-likeness (QED) is 0.701. The van der Waals surface area contributed by atoms with Gasteiger partial charge in [0.2, 0.25) is 0 Å². The molecular weight excluding hydrogens is 368 g/mol. The fourth-order valence-corrected chi connectivity index (χ4v) is 3.21. The number of hydrogen-bond donors (Lipinski definition) is 3. The monoisotopic (exact) mass is 394 g/mol. The van der Waals surface area contributed by atoms with E-state index in [9.17, 15) is 9.59 Å². The Balaban J connectivity index is 1.85. The van der Waals surface area contributed by atoms with Crippen LogP contribution in [0.3, 0.4) is 0 Å². The van der Waals surface area contributed by atoms with Gasteiger partial charge in [-0.25, -0.2) is 4.79 Å². The van der Waals surface area contributed by atoms with Crippen molar-refractivity contribution in [2.24, 2.45) is 0 Å². The Kier molecular flexibility index (Phi) is 6.07. The molecule has 1 aliphatic heterocycles. The molecule has 7 nitrogen and oxygen atoms in total. The zero-order chi connectivity index (χ0) is 21.0. The van der Waals surface area contributed by atoms with Crippen LogP contribution in [0.25, 0.3) is 0 Å². The van der Waals surface area contributed by atoms with Crippen molar-refractivity contribution in [3.05, 3.63) is 65.4 Å². The molecule has 1 aliphatic rings. The van der Waals surface area contributed by atoms with Crippen molar-refractivity contribution in [1.29, 1.82) is 0 Å². The van der Waals surface area contributed by atoms with Gasteiger partial charge in [-0.2, -0.15) is 0 Å². The van der Waals surface area contributed by atoms with Crippen molar-refractivity contribution in [2.45, 2.75) is 19.9 Å². The highest BCUT2D eigenvalue weighted by molar-refractivity contribution is 6.06. The number of hydrogen-bond acceptors (Lipinski definition) is 4. The van der Waals surface area contributed by atoms with Crippen LogP contribution in [-0.2, 0) is 4.79 Å². The first-order chi connectivity index (χ1) is 13.9. The van der Waals surface area contributed by atoms with Gasteiger partial charge < -0.3 is 25.6 Å². The summed E-state index contributed by atoms with van der Waals surface area (Å²) in [5.41, 5.74) is 3.52. The summed E-state index contributed by atoms with van der Waals surface area (Å²) in [6.07, 6.45) is 0. The number of carbonyl (C=O) groups is 2. The topological polar surface area (TPSA) is 82.7 Å². The number of rotatable bonds is 6. The van der Waals surface area contributed by atoms with Gasteiger partial charge in [-0.1, -0.05) is 12.1 Å². The van der Waals surface area contributed by atoms with Gasteiger partial charge in [-0.05, 0) is 55.8 Å². The molecule has 0 saturated carbocycles. The molecule has 29 heavy (non-hydrogen) atoms. The molecular formula is C22H26N4O3. The minimum atomic E-state index is -0.539. The summed E-state index contributed by atoms with van der Waals surface area (Å²) < 4.78 is 5.43. The lowest BCUT2D eigenvalue weighted by molar-refractivity contribution is -0.113. The van der Waals surface area contributed by atoms with E-state index >= 15 is 0 Å². The molecule has 152 valence electrons. The highest BCUT2D eigenvalue weighted by atomic mass is 16.5. The predicted octanol–water partition coefficient (Wildman–Crippen LogP) is 3.42. The van der Waals surface area contributed by atoms with E-state index in [1.807, 2.05) is 50.2 Å². The molecule has 1 atom stereocenters. The highest BCUT2D eigenvalue weighted by Gasteiger charge is 2.31. The van der Waals surface area contributed by atoms with Gasteiger partial charge in [0.25, 0.3) is 5.91 Å². The Morgan fingerprint density at radius 3 is 2.34 bits per heavy atom.